The second-order valence-corrected chi connectivity index (χ2v) is 9.43. The summed E-state index contributed by atoms with van der Waals surface area (Å²) in [5.74, 6) is 0.244. The minimum Gasteiger partial charge on any atom is -0.305 e. The second kappa shape index (κ2) is 9.71. The highest BCUT2D eigenvalue weighted by Crippen LogP contribution is 2.26. The van der Waals surface area contributed by atoms with Crippen LogP contribution in [0.4, 0.5) is 5.82 Å². The molecule has 9 heteroatoms. The molecule has 0 spiro atoms. The van der Waals surface area contributed by atoms with Crippen LogP contribution in [0.2, 0.25) is 10.0 Å². The number of anilines is 1. The van der Waals surface area contributed by atoms with Gasteiger partial charge in [-0.05, 0) is 66.5 Å². The van der Waals surface area contributed by atoms with Crippen molar-refractivity contribution in [3.8, 4) is 0 Å². The van der Waals surface area contributed by atoms with E-state index in [0.717, 1.165) is 32.7 Å². The van der Waals surface area contributed by atoms with Crippen LogP contribution in [0, 0.1) is 20.8 Å². The summed E-state index contributed by atoms with van der Waals surface area (Å²) in [5.41, 5.74) is 5.30. The summed E-state index contributed by atoms with van der Waals surface area (Å²) in [6.45, 7) is 6.95. The van der Waals surface area contributed by atoms with Crippen LogP contribution in [0.1, 0.15) is 38.6 Å². The third-order valence-electron chi connectivity index (χ3n) is 5.43. The van der Waals surface area contributed by atoms with Crippen LogP contribution in [-0.4, -0.2) is 25.5 Å². The summed E-state index contributed by atoms with van der Waals surface area (Å²) in [6.07, 6.45) is 0. The maximum Gasteiger partial charge on any atom is 0.256 e. The Morgan fingerprint density at radius 2 is 1.64 bits per heavy atom. The first-order valence-electron chi connectivity index (χ1n) is 10.3. The summed E-state index contributed by atoms with van der Waals surface area (Å²) in [7, 11) is 0. The van der Waals surface area contributed by atoms with Gasteiger partial charge in [0, 0.05) is 32.9 Å². The number of carbonyl (C=O) groups is 1. The molecule has 0 unspecified atom stereocenters. The van der Waals surface area contributed by atoms with Crippen LogP contribution >= 0.6 is 39.1 Å². The van der Waals surface area contributed by atoms with Gasteiger partial charge in [0.1, 0.15) is 0 Å². The molecule has 170 valence electrons. The van der Waals surface area contributed by atoms with Gasteiger partial charge >= 0.3 is 0 Å². The fraction of sp³-hybridized carbons (Fsp3) is 0.208. The molecular weight excluding hydrogens is 525 g/mol. The van der Waals surface area contributed by atoms with E-state index in [4.69, 9.17) is 23.2 Å². The van der Waals surface area contributed by atoms with Crippen LogP contribution in [0.15, 0.2) is 53.0 Å². The smallest absolute Gasteiger partial charge is 0.256 e. The van der Waals surface area contributed by atoms with Crippen molar-refractivity contribution in [2.24, 2.45) is 0 Å². The molecule has 6 nitrogen and oxygen atoms in total. The standard InChI is InChI=1S/C24H22BrCl2N5O/c1-14-11-22(30-31(14)13-19-20(26)5-4-6-21(19)27)28-24(33)18-9-7-17(8-10-18)12-32-16(3)23(25)15(2)29-32/h4-11H,12-13H2,1-3H3,(H,28,30,33). The fourth-order valence-corrected chi connectivity index (χ4v) is 4.32. The Bertz CT molecular complexity index is 1310. The van der Waals surface area contributed by atoms with Crippen molar-refractivity contribution in [2.75, 3.05) is 5.32 Å². The normalized spacial score (nSPS) is 11.1. The molecule has 0 atom stereocenters. The van der Waals surface area contributed by atoms with Crippen molar-refractivity contribution in [2.45, 2.75) is 33.9 Å². The van der Waals surface area contributed by atoms with Gasteiger partial charge in [-0.25, -0.2) is 0 Å². The molecule has 0 aliphatic carbocycles. The number of carbonyl (C=O) groups excluding carboxylic acids is 1. The zero-order valence-corrected chi connectivity index (χ0v) is 21.5. The molecule has 0 aliphatic rings. The van der Waals surface area contributed by atoms with Crippen LogP contribution < -0.4 is 5.32 Å². The van der Waals surface area contributed by atoms with Crippen molar-refractivity contribution in [1.29, 1.82) is 0 Å². The Kier molecular flexibility index (Phi) is 6.93. The minimum atomic E-state index is -0.226. The molecular formula is C24H22BrCl2N5O. The quantitative estimate of drug-likeness (QED) is 0.303. The largest absolute Gasteiger partial charge is 0.305 e. The second-order valence-electron chi connectivity index (χ2n) is 7.82. The van der Waals surface area contributed by atoms with Crippen molar-refractivity contribution in [3.05, 3.63) is 96.8 Å². The molecule has 2 aromatic carbocycles. The van der Waals surface area contributed by atoms with E-state index >= 15 is 0 Å². The first-order chi connectivity index (χ1) is 15.7. The van der Waals surface area contributed by atoms with E-state index in [0.29, 0.717) is 34.5 Å². The van der Waals surface area contributed by atoms with Gasteiger partial charge in [0.2, 0.25) is 0 Å². The van der Waals surface area contributed by atoms with Gasteiger partial charge in [0.05, 0.1) is 29.0 Å². The third kappa shape index (κ3) is 5.16. The SMILES string of the molecule is Cc1nn(Cc2ccc(C(=O)Nc3cc(C)n(Cc4c(Cl)cccc4Cl)n3)cc2)c(C)c1Br. The van der Waals surface area contributed by atoms with Gasteiger partial charge in [0.25, 0.3) is 5.91 Å². The molecule has 0 saturated carbocycles. The fourth-order valence-electron chi connectivity index (χ4n) is 3.52. The molecule has 2 heterocycles. The molecule has 4 rings (SSSR count). The average molecular weight is 547 g/mol. The number of hydrogen-bond donors (Lipinski definition) is 1. The first kappa shape index (κ1) is 23.5. The lowest BCUT2D eigenvalue weighted by atomic mass is 10.1. The van der Waals surface area contributed by atoms with Crippen LogP contribution in [0.25, 0.3) is 0 Å². The molecule has 33 heavy (non-hydrogen) atoms. The van der Waals surface area contributed by atoms with Gasteiger partial charge in [0.15, 0.2) is 5.82 Å². The van der Waals surface area contributed by atoms with Crippen LogP contribution in [-0.2, 0) is 13.1 Å². The Labute approximate surface area is 210 Å². The number of nitrogens with one attached hydrogen (secondary N) is 1. The van der Waals surface area contributed by atoms with Crippen molar-refractivity contribution < 1.29 is 4.79 Å². The Balaban J connectivity index is 1.44. The highest BCUT2D eigenvalue weighted by Gasteiger charge is 2.14. The highest BCUT2D eigenvalue weighted by molar-refractivity contribution is 9.10. The maximum atomic E-state index is 12.7. The summed E-state index contributed by atoms with van der Waals surface area (Å²) in [5, 5.41) is 13.1. The van der Waals surface area contributed by atoms with E-state index < -0.39 is 0 Å². The third-order valence-corrected chi connectivity index (χ3v) is 7.29. The van der Waals surface area contributed by atoms with E-state index in [9.17, 15) is 4.79 Å². The van der Waals surface area contributed by atoms with Gasteiger partial charge in [-0.2, -0.15) is 10.2 Å². The van der Waals surface area contributed by atoms with Crippen molar-refractivity contribution in [1.82, 2.24) is 19.6 Å². The molecule has 0 radical (unpaired) electrons. The first-order valence-corrected chi connectivity index (χ1v) is 11.8. The number of benzene rings is 2. The molecule has 1 N–H and O–H groups in total. The predicted octanol–water partition coefficient (Wildman–Crippen LogP) is 6.42. The molecule has 2 aromatic heterocycles. The number of aryl methyl sites for hydroxylation is 2. The summed E-state index contributed by atoms with van der Waals surface area (Å²) < 4.78 is 4.72. The predicted molar refractivity (Wildman–Crippen MR) is 135 cm³/mol. The summed E-state index contributed by atoms with van der Waals surface area (Å²) in [6, 6.07) is 14.7. The molecule has 0 aliphatic heterocycles. The monoisotopic (exact) mass is 545 g/mol. The molecule has 0 saturated heterocycles. The summed E-state index contributed by atoms with van der Waals surface area (Å²) >= 11 is 16.1. The van der Waals surface area contributed by atoms with Crippen molar-refractivity contribution in [3.63, 3.8) is 0 Å². The minimum absolute atomic E-state index is 0.226. The zero-order chi connectivity index (χ0) is 23.7. The number of halogens is 3. The van der Waals surface area contributed by atoms with Crippen molar-refractivity contribution >= 4 is 50.9 Å². The molecule has 0 fully saturated rings. The lowest BCUT2D eigenvalue weighted by molar-refractivity contribution is 0.102. The molecule has 0 bridgehead atoms. The van der Waals surface area contributed by atoms with Crippen LogP contribution in [0.3, 0.4) is 0 Å². The van der Waals surface area contributed by atoms with Gasteiger partial charge in [-0.1, -0.05) is 41.4 Å². The number of hydrogen-bond acceptors (Lipinski definition) is 3. The molecule has 4 aromatic rings. The zero-order valence-electron chi connectivity index (χ0n) is 18.4. The number of rotatable bonds is 6. The van der Waals surface area contributed by atoms with Gasteiger partial charge < -0.3 is 5.32 Å². The summed E-state index contributed by atoms with van der Waals surface area (Å²) in [4.78, 5) is 12.7. The van der Waals surface area contributed by atoms with E-state index in [1.807, 2.05) is 43.7 Å². The Morgan fingerprint density at radius 3 is 2.24 bits per heavy atom. The Hall–Kier alpha value is -2.61. The average Bonchev–Trinajstić information content (AvgIpc) is 3.24. The Morgan fingerprint density at radius 1 is 0.970 bits per heavy atom. The van der Waals surface area contributed by atoms with Gasteiger partial charge in [-0.3, -0.25) is 14.2 Å². The van der Waals surface area contributed by atoms with E-state index in [1.165, 1.54) is 0 Å². The van der Waals surface area contributed by atoms with E-state index in [1.54, 1.807) is 35.0 Å². The number of amides is 1. The lowest BCUT2D eigenvalue weighted by Crippen LogP contribution is -2.13. The van der Waals surface area contributed by atoms with E-state index in [2.05, 4.69) is 31.4 Å². The molecule has 1 amide bonds. The number of nitrogens with zero attached hydrogens (tertiary/aromatic N) is 4. The highest BCUT2D eigenvalue weighted by atomic mass is 79.9. The number of aromatic nitrogens is 4. The topological polar surface area (TPSA) is 64.7 Å². The van der Waals surface area contributed by atoms with Crippen LogP contribution in [0.5, 0.6) is 0 Å². The maximum absolute atomic E-state index is 12.7. The lowest BCUT2D eigenvalue weighted by Gasteiger charge is -2.08. The van der Waals surface area contributed by atoms with Gasteiger partial charge in [-0.15, -0.1) is 0 Å². The van der Waals surface area contributed by atoms with E-state index in [-0.39, 0.29) is 5.91 Å².